The standard InChI is InChI=1S/C23H22FN7/c1-15-6-5-8-18(28-15)23-22(16-10-11-20(26-12-16)27-14-25)29-21(30-23)13-31(2)19-9-4-3-7-17(19)24/h3-12,14H,13H2,1-2H3,(H,29,30)(H2,25,26,27). The summed E-state index contributed by atoms with van der Waals surface area (Å²) in [4.78, 5) is 22.9. The van der Waals surface area contributed by atoms with Gasteiger partial charge in [0.15, 0.2) is 5.82 Å². The number of aromatic amines is 1. The second-order valence-corrected chi connectivity index (χ2v) is 7.06. The van der Waals surface area contributed by atoms with E-state index < -0.39 is 0 Å². The van der Waals surface area contributed by atoms with Gasteiger partial charge in [0.2, 0.25) is 0 Å². The zero-order valence-electron chi connectivity index (χ0n) is 17.2. The molecule has 0 amide bonds. The molecular weight excluding hydrogens is 393 g/mol. The summed E-state index contributed by atoms with van der Waals surface area (Å²) < 4.78 is 14.2. The van der Waals surface area contributed by atoms with Crippen LogP contribution in [0.15, 0.2) is 65.8 Å². The number of anilines is 1. The maximum absolute atomic E-state index is 14.2. The van der Waals surface area contributed by atoms with Crippen molar-refractivity contribution in [1.29, 1.82) is 0 Å². The van der Waals surface area contributed by atoms with Crippen molar-refractivity contribution in [3.8, 4) is 22.6 Å². The van der Waals surface area contributed by atoms with E-state index in [9.17, 15) is 4.39 Å². The third-order valence-electron chi connectivity index (χ3n) is 4.78. The Morgan fingerprint density at radius 3 is 2.65 bits per heavy atom. The fourth-order valence-electron chi connectivity index (χ4n) is 3.32. The molecule has 3 N–H and O–H groups in total. The number of para-hydroxylation sites is 1. The SMILES string of the molecule is Cc1cccc(-c2[nH]c(CN(C)c3ccccc3F)nc2-c2ccc(N=CN)nc2)n1. The molecule has 7 nitrogen and oxygen atoms in total. The molecule has 0 radical (unpaired) electrons. The highest BCUT2D eigenvalue weighted by Crippen LogP contribution is 2.30. The largest absolute Gasteiger partial charge is 0.390 e. The van der Waals surface area contributed by atoms with Crippen LogP contribution in [0.5, 0.6) is 0 Å². The monoisotopic (exact) mass is 415 g/mol. The van der Waals surface area contributed by atoms with Gasteiger partial charge >= 0.3 is 0 Å². The van der Waals surface area contributed by atoms with E-state index in [1.54, 1.807) is 24.4 Å². The first-order chi connectivity index (χ1) is 15.0. The number of rotatable bonds is 6. The van der Waals surface area contributed by atoms with Gasteiger partial charge < -0.3 is 15.6 Å². The van der Waals surface area contributed by atoms with E-state index in [1.165, 1.54) is 12.4 Å². The average Bonchev–Trinajstić information content (AvgIpc) is 3.18. The number of H-pyrrole nitrogens is 1. The smallest absolute Gasteiger partial charge is 0.153 e. The van der Waals surface area contributed by atoms with E-state index in [0.29, 0.717) is 29.6 Å². The van der Waals surface area contributed by atoms with E-state index in [4.69, 9.17) is 10.7 Å². The molecule has 1 aromatic carbocycles. The third kappa shape index (κ3) is 4.42. The number of hydrogen-bond acceptors (Lipinski definition) is 5. The van der Waals surface area contributed by atoms with Crippen LogP contribution in [-0.4, -0.2) is 33.3 Å². The van der Waals surface area contributed by atoms with Crippen LogP contribution in [0.2, 0.25) is 0 Å². The van der Waals surface area contributed by atoms with E-state index >= 15 is 0 Å². The Morgan fingerprint density at radius 2 is 1.94 bits per heavy atom. The Balaban J connectivity index is 1.74. The van der Waals surface area contributed by atoms with Gasteiger partial charge in [0, 0.05) is 24.5 Å². The summed E-state index contributed by atoms with van der Waals surface area (Å²) in [6, 6.07) is 16.1. The number of pyridine rings is 2. The Bertz CT molecular complexity index is 1210. The first kappa shape index (κ1) is 20.2. The van der Waals surface area contributed by atoms with Crippen molar-refractivity contribution < 1.29 is 4.39 Å². The molecule has 0 fully saturated rings. The van der Waals surface area contributed by atoms with Gasteiger partial charge in [-0.15, -0.1) is 0 Å². The fourth-order valence-corrected chi connectivity index (χ4v) is 3.32. The minimum absolute atomic E-state index is 0.280. The van der Waals surface area contributed by atoms with Crippen LogP contribution in [0, 0.1) is 12.7 Å². The highest BCUT2D eigenvalue weighted by Gasteiger charge is 2.17. The molecule has 0 unspecified atom stereocenters. The zero-order valence-corrected chi connectivity index (χ0v) is 17.2. The number of imidazole rings is 1. The molecule has 0 bridgehead atoms. The lowest BCUT2D eigenvalue weighted by molar-refractivity contribution is 0.621. The molecule has 0 aliphatic rings. The lowest BCUT2D eigenvalue weighted by atomic mass is 10.1. The molecule has 0 atom stereocenters. The topological polar surface area (TPSA) is 96.1 Å². The lowest BCUT2D eigenvalue weighted by Crippen LogP contribution is -2.18. The highest BCUT2D eigenvalue weighted by molar-refractivity contribution is 5.77. The van der Waals surface area contributed by atoms with Crippen molar-refractivity contribution in [3.05, 3.63) is 78.1 Å². The van der Waals surface area contributed by atoms with Gasteiger partial charge in [0.05, 0.1) is 35.7 Å². The van der Waals surface area contributed by atoms with Crippen molar-refractivity contribution >= 4 is 17.8 Å². The minimum Gasteiger partial charge on any atom is -0.390 e. The van der Waals surface area contributed by atoms with Crippen molar-refractivity contribution in [1.82, 2.24) is 19.9 Å². The molecule has 0 spiro atoms. The molecule has 4 rings (SSSR count). The van der Waals surface area contributed by atoms with Crippen LogP contribution in [0.25, 0.3) is 22.6 Å². The summed E-state index contributed by atoms with van der Waals surface area (Å²) in [6.45, 7) is 2.33. The van der Waals surface area contributed by atoms with Crippen LogP contribution < -0.4 is 10.6 Å². The molecule has 3 heterocycles. The Hall–Kier alpha value is -4.07. The molecule has 0 aliphatic carbocycles. The summed E-state index contributed by atoms with van der Waals surface area (Å²) in [7, 11) is 1.83. The normalized spacial score (nSPS) is 11.2. The quantitative estimate of drug-likeness (QED) is 0.363. The van der Waals surface area contributed by atoms with Gasteiger partial charge in [-0.1, -0.05) is 18.2 Å². The number of benzene rings is 1. The number of halogens is 1. The van der Waals surface area contributed by atoms with Crippen LogP contribution >= 0.6 is 0 Å². The minimum atomic E-state index is -0.280. The Labute approximate surface area is 179 Å². The number of aryl methyl sites for hydroxylation is 1. The molecule has 8 heteroatoms. The van der Waals surface area contributed by atoms with Gasteiger partial charge in [-0.25, -0.2) is 19.4 Å². The fraction of sp³-hybridized carbons (Fsp3) is 0.130. The van der Waals surface area contributed by atoms with E-state index in [0.717, 1.165) is 22.6 Å². The number of hydrogen-bond donors (Lipinski definition) is 2. The second-order valence-electron chi connectivity index (χ2n) is 7.06. The zero-order chi connectivity index (χ0) is 21.8. The van der Waals surface area contributed by atoms with Gasteiger partial charge in [0.25, 0.3) is 0 Å². The van der Waals surface area contributed by atoms with Crippen LogP contribution in [-0.2, 0) is 6.54 Å². The van der Waals surface area contributed by atoms with Crippen LogP contribution in [0.3, 0.4) is 0 Å². The summed E-state index contributed by atoms with van der Waals surface area (Å²) in [5, 5.41) is 0. The first-order valence-electron chi connectivity index (χ1n) is 9.74. The predicted molar refractivity (Wildman–Crippen MR) is 121 cm³/mol. The molecule has 0 saturated heterocycles. The summed E-state index contributed by atoms with van der Waals surface area (Å²) in [5.74, 6) is 0.914. The maximum Gasteiger partial charge on any atom is 0.153 e. The molecule has 31 heavy (non-hydrogen) atoms. The number of aliphatic imine (C=N–C) groups is 1. The maximum atomic E-state index is 14.2. The highest BCUT2D eigenvalue weighted by atomic mass is 19.1. The van der Waals surface area contributed by atoms with Crippen molar-refractivity contribution in [2.24, 2.45) is 10.7 Å². The van der Waals surface area contributed by atoms with E-state index in [2.05, 4.69) is 19.9 Å². The number of nitrogens with two attached hydrogens (primary N) is 1. The Morgan fingerprint density at radius 1 is 1.10 bits per heavy atom. The molecule has 0 aliphatic heterocycles. The molecule has 4 aromatic rings. The van der Waals surface area contributed by atoms with E-state index in [-0.39, 0.29) is 5.82 Å². The number of aromatic nitrogens is 4. The number of nitrogens with one attached hydrogen (secondary N) is 1. The van der Waals surface area contributed by atoms with Gasteiger partial charge in [-0.05, 0) is 43.3 Å². The summed E-state index contributed by atoms with van der Waals surface area (Å²) in [6.07, 6.45) is 2.90. The van der Waals surface area contributed by atoms with Crippen molar-refractivity contribution in [2.45, 2.75) is 13.5 Å². The van der Waals surface area contributed by atoms with E-state index in [1.807, 2.05) is 49.2 Å². The average molecular weight is 415 g/mol. The van der Waals surface area contributed by atoms with Gasteiger partial charge in [0.1, 0.15) is 11.6 Å². The van der Waals surface area contributed by atoms with Crippen molar-refractivity contribution in [3.63, 3.8) is 0 Å². The van der Waals surface area contributed by atoms with Gasteiger partial charge in [-0.3, -0.25) is 4.98 Å². The molecule has 156 valence electrons. The Kier molecular flexibility index (Phi) is 5.70. The molecule has 0 saturated carbocycles. The molecule has 3 aromatic heterocycles. The lowest BCUT2D eigenvalue weighted by Gasteiger charge is -2.18. The van der Waals surface area contributed by atoms with Crippen LogP contribution in [0.4, 0.5) is 15.9 Å². The predicted octanol–water partition coefficient (Wildman–Crippen LogP) is 4.24. The second kappa shape index (κ2) is 8.74. The molecular formula is C23H22FN7. The van der Waals surface area contributed by atoms with Crippen LogP contribution in [0.1, 0.15) is 11.5 Å². The summed E-state index contributed by atoms with van der Waals surface area (Å²) >= 11 is 0. The first-order valence-corrected chi connectivity index (χ1v) is 9.74. The third-order valence-corrected chi connectivity index (χ3v) is 4.78. The van der Waals surface area contributed by atoms with Crippen molar-refractivity contribution in [2.75, 3.05) is 11.9 Å². The van der Waals surface area contributed by atoms with Gasteiger partial charge in [-0.2, -0.15) is 0 Å². The number of nitrogens with zero attached hydrogens (tertiary/aromatic N) is 5. The summed E-state index contributed by atoms with van der Waals surface area (Å²) in [5.41, 5.74) is 9.81.